The van der Waals surface area contributed by atoms with Crippen LogP contribution in [0.5, 0.6) is 0 Å². The summed E-state index contributed by atoms with van der Waals surface area (Å²) >= 11 is 0. The first-order valence-corrected chi connectivity index (χ1v) is 12.2. The van der Waals surface area contributed by atoms with E-state index in [9.17, 15) is 8.42 Å². The molecule has 164 valence electrons. The van der Waals surface area contributed by atoms with Crippen LogP contribution in [0.1, 0.15) is 38.4 Å². The van der Waals surface area contributed by atoms with Gasteiger partial charge in [-0.1, -0.05) is 18.2 Å². The van der Waals surface area contributed by atoms with Gasteiger partial charge in [-0.15, -0.1) is 0 Å². The van der Waals surface area contributed by atoms with Gasteiger partial charge in [0.15, 0.2) is 15.8 Å². The number of hydrogen-bond acceptors (Lipinski definition) is 4. The van der Waals surface area contributed by atoms with Crippen LogP contribution in [0.25, 0.3) is 5.69 Å². The molecule has 1 N–H and O–H groups in total. The fourth-order valence-electron chi connectivity index (χ4n) is 3.66. The van der Waals surface area contributed by atoms with E-state index >= 15 is 0 Å². The highest BCUT2D eigenvalue weighted by Crippen LogP contribution is 2.23. The normalized spacial score (nSPS) is 18.4. The van der Waals surface area contributed by atoms with Gasteiger partial charge in [-0.05, 0) is 58.2 Å². The SMILES string of the molecule is CCNC(=NCCCc1cn(-c2ccccc2)nc1C)N1CCS(=O)(=O)C(C)(C)C1. The van der Waals surface area contributed by atoms with Crippen molar-refractivity contribution in [3.05, 3.63) is 47.8 Å². The topological polar surface area (TPSA) is 79.6 Å². The van der Waals surface area contributed by atoms with Gasteiger partial charge in [-0.2, -0.15) is 5.10 Å². The molecule has 1 fully saturated rings. The van der Waals surface area contributed by atoms with Crippen LogP contribution in [0.4, 0.5) is 0 Å². The number of aromatic nitrogens is 2. The Morgan fingerprint density at radius 1 is 1.27 bits per heavy atom. The van der Waals surface area contributed by atoms with Gasteiger partial charge in [0.05, 0.1) is 21.9 Å². The summed E-state index contributed by atoms with van der Waals surface area (Å²) in [6.07, 6.45) is 3.91. The Balaban J connectivity index is 1.61. The number of nitrogens with zero attached hydrogens (tertiary/aromatic N) is 4. The Labute approximate surface area is 180 Å². The van der Waals surface area contributed by atoms with E-state index in [2.05, 4.69) is 21.5 Å². The van der Waals surface area contributed by atoms with Gasteiger partial charge >= 0.3 is 0 Å². The first-order chi connectivity index (χ1) is 14.2. The molecule has 0 radical (unpaired) electrons. The predicted molar refractivity (Wildman–Crippen MR) is 122 cm³/mol. The summed E-state index contributed by atoms with van der Waals surface area (Å²) in [6, 6.07) is 10.1. The summed E-state index contributed by atoms with van der Waals surface area (Å²) in [7, 11) is -3.06. The van der Waals surface area contributed by atoms with E-state index < -0.39 is 14.6 Å². The fourth-order valence-corrected chi connectivity index (χ4v) is 5.02. The van der Waals surface area contributed by atoms with Crippen molar-refractivity contribution < 1.29 is 8.42 Å². The molecule has 0 saturated carbocycles. The minimum atomic E-state index is -3.06. The van der Waals surface area contributed by atoms with Gasteiger partial charge in [0.25, 0.3) is 0 Å². The van der Waals surface area contributed by atoms with Crippen molar-refractivity contribution in [2.24, 2.45) is 4.99 Å². The second kappa shape index (κ2) is 9.20. The van der Waals surface area contributed by atoms with Crippen LogP contribution >= 0.6 is 0 Å². The number of aliphatic imine (C=N–C) groups is 1. The molecular weight excluding hydrogens is 398 g/mol. The molecule has 2 aromatic rings. The quantitative estimate of drug-likeness (QED) is 0.432. The smallest absolute Gasteiger partial charge is 0.193 e. The number of para-hydroxylation sites is 1. The van der Waals surface area contributed by atoms with Crippen molar-refractivity contribution in [1.82, 2.24) is 20.0 Å². The Morgan fingerprint density at radius 3 is 2.67 bits per heavy atom. The Hall–Kier alpha value is -2.35. The molecule has 0 atom stereocenters. The average Bonchev–Trinajstić information content (AvgIpc) is 3.08. The molecule has 1 aliphatic rings. The minimum Gasteiger partial charge on any atom is -0.357 e. The molecule has 7 nitrogen and oxygen atoms in total. The van der Waals surface area contributed by atoms with E-state index in [-0.39, 0.29) is 5.75 Å². The standard InChI is InChI=1S/C22H33N5O2S/c1-5-23-21(26-14-15-30(28,29)22(3,4)17-26)24-13-9-10-19-16-27(25-18(19)2)20-11-7-6-8-12-20/h6-8,11-12,16H,5,9-10,13-15,17H2,1-4H3,(H,23,24). The molecule has 1 aromatic heterocycles. The van der Waals surface area contributed by atoms with E-state index in [1.165, 1.54) is 5.56 Å². The van der Waals surface area contributed by atoms with Crippen molar-refractivity contribution in [3.63, 3.8) is 0 Å². The Bertz CT molecular complexity index is 980. The third-order valence-electron chi connectivity index (χ3n) is 5.57. The zero-order valence-corrected chi connectivity index (χ0v) is 19.2. The fraction of sp³-hybridized carbons (Fsp3) is 0.545. The van der Waals surface area contributed by atoms with Crippen LogP contribution in [0.2, 0.25) is 0 Å². The van der Waals surface area contributed by atoms with E-state index in [4.69, 9.17) is 4.99 Å². The van der Waals surface area contributed by atoms with Crippen molar-refractivity contribution >= 4 is 15.8 Å². The van der Waals surface area contributed by atoms with Crippen molar-refractivity contribution in [1.29, 1.82) is 0 Å². The third-order valence-corrected chi connectivity index (χ3v) is 8.10. The van der Waals surface area contributed by atoms with Crippen LogP contribution < -0.4 is 5.32 Å². The van der Waals surface area contributed by atoms with E-state index in [0.29, 0.717) is 19.6 Å². The molecule has 0 unspecified atom stereocenters. The van der Waals surface area contributed by atoms with Gasteiger partial charge < -0.3 is 10.2 Å². The molecule has 8 heteroatoms. The van der Waals surface area contributed by atoms with E-state index in [1.807, 2.05) is 48.9 Å². The summed E-state index contributed by atoms with van der Waals surface area (Å²) < 4.78 is 25.7. The maximum Gasteiger partial charge on any atom is 0.193 e. The van der Waals surface area contributed by atoms with Crippen LogP contribution in [-0.4, -0.2) is 65.7 Å². The number of nitrogens with one attached hydrogen (secondary N) is 1. The van der Waals surface area contributed by atoms with Crippen molar-refractivity contribution in [3.8, 4) is 5.69 Å². The van der Waals surface area contributed by atoms with Gasteiger partial charge in [0.1, 0.15) is 0 Å². The third kappa shape index (κ3) is 5.03. The van der Waals surface area contributed by atoms with E-state index in [0.717, 1.165) is 36.7 Å². The molecule has 3 rings (SSSR count). The predicted octanol–water partition coefficient (Wildman–Crippen LogP) is 2.59. The molecule has 1 aliphatic heterocycles. The average molecular weight is 432 g/mol. The number of rotatable bonds is 6. The largest absolute Gasteiger partial charge is 0.357 e. The summed E-state index contributed by atoms with van der Waals surface area (Å²) in [5.74, 6) is 0.972. The Kier molecular flexibility index (Phi) is 6.85. The van der Waals surface area contributed by atoms with Crippen LogP contribution in [0.15, 0.2) is 41.5 Å². The number of benzene rings is 1. The maximum atomic E-state index is 12.3. The summed E-state index contributed by atoms with van der Waals surface area (Å²) in [6.45, 7) is 10.1. The number of guanidine groups is 1. The molecule has 0 aliphatic carbocycles. The first-order valence-electron chi connectivity index (χ1n) is 10.6. The van der Waals surface area contributed by atoms with Crippen LogP contribution in [-0.2, 0) is 16.3 Å². The maximum absolute atomic E-state index is 12.3. The second-order valence-corrected chi connectivity index (χ2v) is 11.1. The molecule has 1 saturated heterocycles. The van der Waals surface area contributed by atoms with Gasteiger partial charge in [-0.3, -0.25) is 4.99 Å². The number of aryl methyl sites for hydroxylation is 2. The Morgan fingerprint density at radius 2 is 2.00 bits per heavy atom. The highest BCUT2D eigenvalue weighted by Gasteiger charge is 2.40. The lowest BCUT2D eigenvalue weighted by molar-refractivity contribution is 0.353. The molecule has 30 heavy (non-hydrogen) atoms. The molecule has 1 aromatic carbocycles. The highest BCUT2D eigenvalue weighted by molar-refractivity contribution is 7.92. The van der Waals surface area contributed by atoms with Gasteiger partial charge in [0.2, 0.25) is 0 Å². The molecule has 2 heterocycles. The van der Waals surface area contributed by atoms with E-state index in [1.54, 1.807) is 13.8 Å². The zero-order chi connectivity index (χ0) is 21.8. The summed E-state index contributed by atoms with van der Waals surface area (Å²) in [4.78, 5) is 6.84. The summed E-state index contributed by atoms with van der Waals surface area (Å²) in [5, 5.41) is 7.95. The molecule has 0 spiro atoms. The summed E-state index contributed by atoms with van der Waals surface area (Å²) in [5.41, 5.74) is 3.32. The van der Waals surface area contributed by atoms with Crippen molar-refractivity contribution in [2.45, 2.75) is 45.3 Å². The second-order valence-electron chi connectivity index (χ2n) is 8.36. The van der Waals surface area contributed by atoms with Crippen LogP contribution in [0, 0.1) is 6.92 Å². The minimum absolute atomic E-state index is 0.169. The van der Waals surface area contributed by atoms with Gasteiger partial charge in [-0.25, -0.2) is 13.1 Å². The van der Waals surface area contributed by atoms with Gasteiger partial charge in [0, 0.05) is 32.4 Å². The lowest BCUT2D eigenvalue weighted by Crippen LogP contribution is -2.57. The molecular formula is C22H33N5O2S. The lowest BCUT2D eigenvalue weighted by atomic mass is 10.1. The number of sulfone groups is 1. The molecule has 0 bridgehead atoms. The first kappa shape index (κ1) is 22.3. The number of hydrogen-bond donors (Lipinski definition) is 1. The highest BCUT2D eigenvalue weighted by atomic mass is 32.2. The zero-order valence-electron chi connectivity index (χ0n) is 18.4. The van der Waals surface area contributed by atoms with Crippen molar-refractivity contribution in [2.75, 3.05) is 31.9 Å². The monoisotopic (exact) mass is 431 g/mol. The van der Waals surface area contributed by atoms with Crippen LogP contribution in [0.3, 0.4) is 0 Å². The molecule has 0 amide bonds. The lowest BCUT2D eigenvalue weighted by Gasteiger charge is -2.39.